The van der Waals surface area contributed by atoms with E-state index in [9.17, 15) is 0 Å². The number of likely N-dealkylation sites (tertiary alicyclic amines) is 1. The average Bonchev–Trinajstić information content (AvgIpc) is 3.13. The van der Waals surface area contributed by atoms with Crippen LogP contribution in [0.4, 0.5) is 0 Å². The van der Waals surface area contributed by atoms with Crippen LogP contribution in [0.15, 0.2) is 36.7 Å². The summed E-state index contributed by atoms with van der Waals surface area (Å²) in [7, 11) is 1.97. The molecule has 0 aliphatic carbocycles. The first-order valence-electron chi connectivity index (χ1n) is 7.92. The van der Waals surface area contributed by atoms with Crippen LogP contribution < -0.4 is 0 Å². The summed E-state index contributed by atoms with van der Waals surface area (Å²) >= 11 is 0. The third-order valence-electron chi connectivity index (χ3n) is 4.46. The molecule has 3 aromatic rings. The molecule has 1 aliphatic heterocycles. The Labute approximate surface area is 130 Å². The van der Waals surface area contributed by atoms with Crippen molar-refractivity contribution in [1.82, 2.24) is 24.6 Å². The molecule has 1 atom stereocenters. The Hall–Kier alpha value is -2.14. The van der Waals surface area contributed by atoms with E-state index in [1.54, 1.807) is 0 Å². The minimum atomic E-state index is 0.498. The van der Waals surface area contributed by atoms with Crippen molar-refractivity contribution in [3.8, 4) is 0 Å². The van der Waals surface area contributed by atoms with E-state index in [2.05, 4.69) is 39.4 Å². The van der Waals surface area contributed by atoms with Gasteiger partial charge in [0, 0.05) is 37.8 Å². The molecule has 1 N–H and O–H groups in total. The molecule has 1 unspecified atom stereocenters. The third kappa shape index (κ3) is 2.64. The van der Waals surface area contributed by atoms with Gasteiger partial charge in [0.2, 0.25) is 0 Å². The topological polar surface area (TPSA) is 49.7 Å². The number of aryl methyl sites for hydroxylation is 1. The van der Waals surface area contributed by atoms with Gasteiger partial charge in [0.05, 0.1) is 17.2 Å². The number of imidazole rings is 1. The fourth-order valence-electron chi connectivity index (χ4n) is 3.40. The molecule has 1 saturated heterocycles. The first-order valence-corrected chi connectivity index (χ1v) is 7.92. The zero-order chi connectivity index (χ0) is 14.9. The van der Waals surface area contributed by atoms with E-state index < -0.39 is 0 Å². The Morgan fingerprint density at radius 3 is 3.05 bits per heavy atom. The molecule has 1 aliphatic rings. The van der Waals surface area contributed by atoms with Crippen molar-refractivity contribution in [2.24, 2.45) is 7.05 Å². The van der Waals surface area contributed by atoms with Crippen LogP contribution in [0, 0.1) is 0 Å². The Balaban J connectivity index is 1.50. The molecule has 0 amide bonds. The molecule has 0 bridgehead atoms. The van der Waals surface area contributed by atoms with Gasteiger partial charge in [-0.15, -0.1) is 0 Å². The van der Waals surface area contributed by atoms with Crippen molar-refractivity contribution >= 4 is 11.0 Å². The molecule has 1 aromatic carbocycles. The molecular weight excluding hydrogens is 274 g/mol. The fraction of sp³-hybridized carbons (Fsp3) is 0.412. The van der Waals surface area contributed by atoms with Crippen molar-refractivity contribution < 1.29 is 0 Å². The summed E-state index contributed by atoms with van der Waals surface area (Å²) in [4.78, 5) is 10.8. The lowest BCUT2D eigenvalue weighted by atomic mass is 9.97. The molecule has 5 heteroatoms. The summed E-state index contributed by atoms with van der Waals surface area (Å²) in [6, 6.07) is 8.27. The first kappa shape index (κ1) is 13.5. The summed E-state index contributed by atoms with van der Waals surface area (Å²) in [5.41, 5.74) is 3.50. The van der Waals surface area contributed by atoms with Crippen molar-refractivity contribution in [2.75, 3.05) is 13.1 Å². The van der Waals surface area contributed by atoms with Gasteiger partial charge < -0.3 is 4.98 Å². The zero-order valence-corrected chi connectivity index (χ0v) is 12.9. The van der Waals surface area contributed by atoms with E-state index in [-0.39, 0.29) is 0 Å². The Morgan fingerprint density at radius 1 is 1.32 bits per heavy atom. The van der Waals surface area contributed by atoms with Gasteiger partial charge in [0.25, 0.3) is 0 Å². The summed E-state index contributed by atoms with van der Waals surface area (Å²) in [6.07, 6.45) is 6.50. The number of rotatable bonds is 3. The van der Waals surface area contributed by atoms with Crippen LogP contribution in [0.5, 0.6) is 0 Å². The average molecular weight is 295 g/mol. The van der Waals surface area contributed by atoms with Gasteiger partial charge in [-0.2, -0.15) is 5.10 Å². The second-order valence-electron chi connectivity index (χ2n) is 6.24. The van der Waals surface area contributed by atoms with Crippen LogP contribution in [-0.4, -0.2) is 37.7 Å². The lowest BCUT2D eigenvalue weighted by Crippen LogP contribution is -2.34. The minimum absolute atomic E-state index is 0.498. The molecule has 0 radical (unpaired) electrons. The standard InChI is InChI=1S/C17H21N5/c1-21-10-13(9-18-21)11-22-8-4-5-14(12-22)17-19-15-6-2-3-7-16(15)20-17/h2-3,6-7,9-10,14H,4-5,8,11-12H2,1H3,(H,19,20). The molecule has 2 aromatic heterocycles. The number of benzene rings is 1. The second kappa shape index (κ2) is 5.57. The maximum atomic E-state index is 4.78. The highest BCUT2D eigenvalue weighted by atomic mass is 15.2. The van der Waals surface area contributed by atoms with E-state index in [4.69, 9.17) is 4.98 Å². The summed E-state index contributed by atoms with van der Waals surface area (Å²) in [6.45, 7) is 3.20. The van der Waals surface area contributed by atoms with Crippen LogP contribution in [0.2, 0.25) is 0 Å². The second-order valence-corrected chi connectivity index (χ2v) is 6.24. The quantitative estimate of drug-likeness (QED) is 0.808. The number of H-pyrrole nitrogens is 1. The van der Waals surface area contributed by atoms with E-state index in [1.807, 2.05) is 24.0 Å². The summed E-state index contributed by atoms with van der Waals surface area (Å²) in [5, 5.41) is 4.26. The monoisotopic (exact) mass is 295 g/mol. The van der Waals surface area contributed by atoms with Crippen molar-refractivity contribution in [1.29, 1.82) is 0 Å². The van der Waals surface area contributed by atoms with E-state index in [1.165, 1.54) is 18.4 Å². The maximum Gasteiger partial charge on any atom is 0.111 e. The molecule has 0 spiro atoms. The molecule has 22 heavy (non-hydrogen) atoms. The van der Waals surface area contributed by atoms with Gasteiger partial charge in [-0.25, -0.2) is 4.98 Å². The largest absolute Gasteiger partial charge is 0.342 e. The zero-order valence-electron chi connectivity index (χ0n) is 12.9. The SMILES string of the molecule is Cn1cc(CN2CCCC(c3nc4ccccc4[nH]3)C2)cn1. The number of aromatic nitrogens is 4. The highest BCUT2D eigenvalue weighted by Crippen LogP contribution is 2.27. The number of nitrogens with zero attached hydrogens (tertiary/aromatic N) is 4. The number of fused-ring (bicyclic) bond motifs is 1. The van der Waals surface area contributed by atoms with Gasteiger partial charge >= 0.3 is 0 Å². The predicted octanol–water partition coefficient (Wildman–Crippen LogP) is 2.68. The van der Waals surface area contributed by atoms with Crippen LogP contribution in [-0.2, 0) is 13.6 Å². The highest BCUT2D eigenvalue weighted by Gasteiger charge is 2.24. The third-order valence-corrected chi connectivity index (χ3v) is 4.46. The van der Waals surface area contributed by atoms with Gasteiger partial charge in [-0.05, 0) is 31.5 Å². The van der Waals surface area contributed by atoms with Gasteiger partial charge in [0.1, 0.15) is 5.82 Å². The van der Waals surface area contributed by atoms with Crippen molar-refractivity contribution in [2.45, 2.75) is 25.3 Å². The summed E-state index contributed by atoms with van der Waals surface area (Å²) < 4.78 is 1.87. The number of aromatic amines is 1. The van der Waals surface area contributed by atoms with Crippen molar-refractivity contribution in [3.05, 3.63) is 48.0 Å². The Morgan fingerprint density at radius 2 is 2.23 bits per heavy atom. The predicted molar refractivity (Wildman–Crippen MR) is 86.6 cm³/mol. The van der Waals surface area contributed by atoms with Gasteiger partial charge in [0.15, 0.2) is 0 Å². The van der Waals surface area contributed by atoms with E-state index in [0.717, 1.165) is 36.5 Å². The van der Waals surface area contributed by atoms with Gasteiger partial charge in [-0.3, -0.25) is 9.58 Å². The lowest BCUT2D eigenvalue weighted by Gasteiger charge is -2.31. The van der Waals surface area contributed by atoms with Gasteiger partial charge in [-0.1, -0.05) is 12.1 Å². The summed E-state index contributed by atoms with van der Waals surface area (Å²) in [5.74, 6) is 1.63. The number of hydrogen-bond acceptors (Lipinski definition) is 3. The number of para-hydroxylation sites is 2. The first-order chi connectivity index (χ1) is 10.8. The number of hydrogen-bond donors (Lipinski definition) is 1. The van der Waals surface area contributed by atoms with Crippen molar-refractivity contribution in [3.63, 3.8) is 0 Å². The number of piperidine rings is 1. The lowest BCUT2D eigenvalue weighted by molar-refractivity contribution is 0.197. The highest BCUT2D eigenvalue weighted by molar-refractivity contribution is 5.74. The van der Waals surface area contributed by atoms with E-state index >= 15 is 0 Å². The maximum absolute atomic E-state index is 4.78. The molecule has 4 rings (SSSR count). The smallest absolute Gasteiger partial charge is 0.111 e. The Bertz CT molecular complexity index is 739. The number of nitrogens with one attached hydrogen (secondary N) is 1. The molecule has 114 valence electrons. The molecular formula is C17H21N5. The molecule has 3 heterocycles. The molecule has 0 saturated carbocycles. The van der Waals surface area contributed by atoms with Crippen LogP contribution in [0.3, 0.4) is 0 Å². The van der Waals surface area contributed by atoms with Crippen LogP contribution in [0.25, 0.3) is 11.0 Å². The van der Waals surface area contributed by atoms with Crippen LogP contribution >= 0.6 is 0 Å². The Kier molecular flexibility index (Phi) is 3.42. The van der Waals surface area contributed by atoms with Crippen LogP contribution in [0.1, 0.15) is 30.1 Å². The fourth-order valence-corrected chi connectivity index (χ4v) is 3.40. The van der Waals surface area contributed by atoms with E-state index in [0.29, 0.717) is 5.92 Å². The molecule has 1 fully saturated rings. The normalized spacial score (nSPS) is 19.8. The minimum Gasteiger partial charge on any atom is -0.342 e. The molecule has 5 nitrogen and oxygen atoms in total.